The summed E-state index contributed by atoms with van der Waals surface area (Å²) in [6.07, 6.45) is 5.35. The number of fused-ring (bicyclic) bond motifs is 2. The molecule has 2 aromatic heterocycles. The van der Waals surface area contributed by atoms with Gasteiger partial charge < -0.3 is 24.6 Å². The number of hydrogen-bond acceptors (Lipinski definition) is 4. The topological polar surface area (TPSA) is 98.8 Å². The lowest BCUT2D eigenvalue weighted by molar-refractivity contribution is -0.136. The molecule has 184 valence electrons. The average molecular weight is 477 g/mol. The molecule has 1 fully saturated rings. The maximum Gasteiger partial charge on any atom is 0.407 e. The number of amides is 2. The number of hydrogen-bond donors (Lipinski definition) is 2. The molecule has 0 bridgehead atoms. The van der Waals surface area contributed by atoms with Crippen LogP contribution in [0.3, 0.4) is 0 Å². The summed E-state index contributed by atoms with van der Waals surface area (Å²) in [6.45, 7) is 6.02. The summed E-state index contributed by atoms with van der Waals surface area (Å²) in [7, 11) is 1.52. The number of nitrogens with zero attached hydrogens (tertiary/aromatic N) is 3. The quantitative estimate of drug-likeness (QED) is 0.556. The molecule has 1 atom stereocenters. The van der Waals surface area contributed by atoms with Gasteiger partial charge in [-0.3, -0.25) is 4.79 Å². The summed E-state index contributed by atoms with van der Waals surface area (Å²) in [4.78, 5) is 35.9. The summed E-state index contributed by atoms with van der Waals surface area (Å²) < 4.78 is 5.07. The minimum absolute atomic E-state index is 0.0435. The van der Waals surface area contributed by atoms with E-state index in [1.807, 2.05) is 17.3 Å². The Morgan fingerprint density at radius 1 is 1.23 bits per heavy atom. The highest BCUT2D eigenvalue weighted by Crippen LogP contribution is 2.40. The van der Waals surface area contributed by atoms with Crippen molar-refractivity contribution in [2.75, 3.05) is 26.8 Å². The zero-order valence-corrected chi connectivity index (χ0v) is 20.5. The Hall–Kier alpha value is -3.39. The van der Waals surface area contributed by atoms with Gasteiger partial charge in [0.1, 0.15) is 12.3 Å². The van der Waals surface area contributed by atoms with Crippen LogP contribution < -0.4 is 0 Å². The second kappa shape index (κ2) is 9.34. The third-order valence-electron chi connectivity index (χ3n) is 7.37. The molecule has 0 spiro atoms. The van der Waals surface area contributed by atoms with E-state index >= 15 is 0 Å². The van der Waals surface area contributed by atoms with Gasteiger partial charge in [0, 0.05) is 50.1 Å². The molecule has 5 rings (SSSR count). The number of carbonyl (C=O) groups excluding carboxylic acids is 1. The first-order chi connectivity index (χ1) is 16.9. The van der Waals surface area contributed by atoms with Crippen LogP contribution in [0.5, 0.6) is 0 Å². The standard InChI is InChI=1S/C27H32N4O4/c1-16(2)22-13-29-26-21(22)11-19(12-28-26)18-9-17-6-8-30(25(32)15-35-3)14-23(17)20(10-18)24-5-4-7-31(24)27(33)34/h9-13,16,24H,4-8,14-15H2,1-3H3,(H,28,29)(H,33,34)/t24-/m0/s1. The fourth-order valence-corrected chi connectivity index (χ4v) is 5.57. The smallest absolute Gasteiger partial charge is 0.407 e. The van der Waals surface area contributed by atoms with E-state index in [0.29, 0.717) is 25.6 Å². The van der Waals surface area contributed by atoms with Gasteiger partial charge in [0.2, 0.25) is 5.91 Å². The van der Waals surface area contributed by atoms with Crippen LogP contribution >= 0.6 is 0 Å². The van der Waals surface area contributed by atoms with E-state index in [9.17, 15) is 14.7 Å². The minimum Gasteiger partial charge on any atom is -0.465 e. The summed E-state index contributed by atoms with van der Waals surface area (Å²) in [5, 5.41) is 11.0. The first-order valence-electron chi connectivity index (χ1n) is 12.3. The lowest BCUT2D eigenvalue weighted by Gasteiger charge is -2.33. The molecule has 0 unspecified atom stereocenters. The summed E-state index contributed by atoms with van der Waals surface area (Å²) in [6, 6.07) is 6.29. The summed E-state index contributed by atoms with van der Waals surface area (Å²) in [5.74, 6) is 0.330. The number of pyridine rings is 1. The molecule has 1 saturated heterocycles. The van der Waals surface area contributed by atoms with Gasteiger partial charge in [0.25, 0.3) is 0 Å². The van der Waals surface area contributed by atoms with E-state index in [1.165, 1.54) is 18.2 Å². The van der Waals surface area contributed by atoms with Crippen LogP contribution in [0.25, 0.3) is 22.2 Å². The Balaban J connectivity index is 1.62. The van der Waals surface area contributed by atoms with E-state index in [-0.39, 0.29) is 18.6 Å². The number of nitrogens with one attached hydrogen (secondary N) is 1. The van der Waals surface area contributed by atoms with Crippen molar-refractivity contribution in [3.63, 3.8) is 0 Å². The van der Waals surface area contributed by atoms with Gasteiger partial charge in [-0.25, -0.2) is 9.78 Å². The number of carbonyl (C=O) groups is 2. The maximum absolute atomic E-state index is 12.6. The predicted octanol–water partition coefficient (Wildman–Crippen LogP) is 4.70. The van der Waals surface area contributed by atoms with E-state index < -0.39 is 6.09 Å². The molecule has 8 nitrogen and oxygen atoms in total. The van der Waals surface area contributed by atoms with Crippen molar-refractivity contribution in [3.8, 4) is 11.1 Å². The van der Waals surface area contributed by atoms with Gasteiger partial charge in [0.05, 0.1) is 6.04 Å². The van der Waals surface area contributed by atoms with E-state index in [4.69, 9.17) is 4.74 Å². The molecule has 8 heteroatoms. The first kappa shape index (κ1) is 23.4. The molecule has 4 heterocycles. The lowest BCUT2D eigenvalue weighted by atomic mass is 9.86. The molecule has 2 aliphatic heterocycles. The van der Waals surface area contributed by atoms with Crippen molar-refractivity contribution in [1.82, 2.24) is 19.8 Å². The number of ether oxygens (including phenoxy) is 1. The average Bonchev–Trinajstić information content (AvgIpc) is 3.50. The van der Waals surface area contributed by atoms with Crippen LogP contribution in [0.15, 0.2) is 30.6 Å². The van der Waals surface area contributed by atoms with Gasteiger partial charge in [-0.15, -0.1) is 0 Å². The van der Waals surface area contributed by atoms with E-state index in [2.05, 4.69) is 42.0 Å². The molecule has 2 aliphatic rings. The van der Waals surface area contributed by atoms with Gasteiger partial charge in [-0.1, -0.05) is 19.9 Å². The SMILES string of the molecule is COCC(=O)N1CCc2cc(-c3cnc4[nH]cc(C(C)C)c4c3)cc([C@@H]3CCCN3C(=O)O)c2C1. The molecule has 0 radical (unpaired) electrons. The summed E-state index contributed by atoms with van der Waals surface area (Å²) >= 11 is 0. The molecule has 3 aromatic rings. The van der Waals surface area contributed by atoms with Crippen LogP contribution in [-0.4, -0.2) is 63.7 Å². The number of likely N-dealkylation sites (tertiary alicyclic amines) is 1. The minimum atomic E-state index is -0.897. The predicted molar refractivity (Wildman–Crippen MR) is 133 cm³/mol. The normalized spacial score (nSPS) is 17.9. The van der Waals surface area contributed by atoms with E-state index in [0.717, 1.165) is 52.5 Å². The van der Waals surface area contributed by atoms with Gasteiger partial charge in [-0.05, 0) is 65.1 Å². The van der Waals surface area contributed by atoms with Crippen LogP contribution in [-0.2, 0) is 22.5 Å². The number of H-pyrrole nitrogens is 1. The van der Waals surface area contributed by atoms with Crippen molar-refractivity contribution >= 4 is 23.0 Å². The van der Waals surface area contributed by atoms with E-state index in [1.54, 1.807) is 4.90 Å². The third-order valence-corrected chi connectivity index (χ3v) is 7.37. The van der Waals surface area contributed by atoms with Crippen molar-refractivity contribution < 1.29 is 19.4 Å². The molecule has 2 amide bonds. The molecule has 1 aromatic carbocycles. The third kappa shape index (κ3) is 4.27. The Morgan fingerprint density at radius 3 is 2.80 bits per heavy atom. The number of aromatic nitrogens is 2. The van der Waals surface area contributed by atoms with Crippen molar-refractivity contribution in [1.29, 1.82) is 0 Å². The largest absolute Gasteiger partial charge is 0.465 e. The maximum atomic E-state index is 12.6. The second-order valence-electron chi connectivity index (χ2n) is 9.85. The number of benzene rings is 1. The van der Waals surface area contributed by atoms with Crippen molar-refractivity contribution in [2.45, 2.75) is 51.6 Å². The van der Waals surface area contributed by atoms with Crippen molar-refractivity contribution in [2.24, 2.45) is 0 Å². The number of rotatable bonds is 5. The Labute approximate surface area is 204 Å². The highest BCUT2D eigenvalue weighted by atomic mass is 16.5. The lowest BCUT2D eigenvalue weighted by Crippen LogP contribution is -2.39. The second-order valence-corrected chi connectivity index (χ2v) is 9.85. The Kier molecular flexibility index (Phi) is 6.23. The van der Waals surface area contributed by atoms with Gasteiger partial charge in [-0.2, -0.15) is 0 Å². The van der Waals surface area contributed by atoms with Crippen LogP contribution in [0.2, 0.25) is 0 Å². The number of carboxylic acid groups (broad SMARTS) is 1. The first-order valence-corrected chi connectivity index (χ1v) is 12.3. The molecule has 2 N–H and O–H groups in total. The Morgan fingerprint density at radius 2 is 2.06 bits per heavy atom. The fourth-order valence-electron chi connectivity index (χ4n) is 5.57. The van der Waals surface area contributed by atoms with Crippen LogP contribution in [0.4, 0.5) is 4.79 Å². The van der Waals surface area contributed by atoms with Crippen molar-refractivity contribution in [3.05, 3.63) is 52.8 Å². The van der Waals surface area contributed by atoms with Gasteiger partial charge in [0.15, 0.2) is 0 Å². The molecule has 0 saturated carbocycles. The zero-order valence-electron chi connectivity index (χ0n) is 20.5. The number of aromatic amines is 1. The molecular weight excluding hydrogens is 444 g/mol. The molecule has 35 heavy (non-hydrogen) atoms. The van der Waals surface area contributed by atoms with Gasteiger partial charge >= 0.3 is 6.09 Å². The van der Waals surface area contributed by atoms with Crippen LogP contribution in [0.1, 0.15) is 60.9 Å². The highest BCUT2D eigenvalue weighted by Gasteiger charge is 2.34. The highest BCUT2D eigenvalue weighted by molar-refractivity contribution is 5.85. The Bertz CT molecular complexity index is 1280. The summed E-state index contributed by atoms with van der Waals surface area (Å²) in [5.41, 5.74) is 7.41. The fraction of sp³-hybridized carbons (Fsp3) is 0.444. The monoisotopic (exact) mass is 476 g/mol. The molecular formula is C27H32N4O4. The zero-order chi connectivity index (χ0) is 24.7. The van der Waals surface area contributed by atoms with Crippen LogP contribution in [0, 0.1) is 0 Å². The number of methoxy groups -OCH3 is 1. The molecule has 0 aliphatic carbocycles.